The molecule has 2 aliphatic heterocycles. The van der Waals surface area contributed by atoms with Crippen LogP contribution in [-0.4, -0.2) is 29.6 Å². The van der Waals surface area contributed by atoms with Crippen molar-refractivity contribution < 1.29 is 23.8 Å². The first-order valence-corrected chi connectivity index (χ1v) is 9.36. The van der Waals surface area contributed by atoms with Crippen LogP contribution in [-0.2, 0) is 25.5 Å². The highest BCUT2D eigenvalue weighted by Gasteiger charge is 2.64. The SMILES string of the molecule is C=C1/C(=C\C=C(/C)Oc2ccnc3c2CCC(=O)N3)O[C@H]2[C@@H]1[C@@H]2C(=O)OCC. The molecule has 3 heterocycles. The number of rotatable bonds is 5. The molecular weight excluding hydrogens is 360 g/mol. The fraction of sp³-hybridized carbons (Fsp3) is 0.381. The molecule has 1 aromatic rings. The van der Waals surface area contributed by atoms with Gasteiger partial charge in [0.2, 0.25) is 5.91 Å². The third-order valence-electron chi connectivity index (χ3n) is 5.11. The molecule has 7 heteroatoms. The van der Waals surface area contributed by atoms with E-state index in [1.807, 2.05) is 6.92 Å². The molecule has 3 aliphatic rings. The molecule has 1 N–H and O–H groups in total. The number of nitrogens with one attached hydrogen (secondary N) is 1. The fourth-order valence-electron chi connectivity index (χ4n) is 3.65. The van der Waals surface area contributed by atoms with E-state index in [4.69, 9.17) is 14.2 Å². The lowest BCUT2D eigenvalue weighted by Crippen LogP contribution is -2.20. The molecule has 1 aromatic heterocycles. The van der Waals surface area contributed by atoms with Crippen LogP contribution in [0, 0.1) is 11.8 Å². The van der Waals surface area contributed by atoms with Crippen LogP contribution in [0.1, 0.15) is 25.8 Å². The Hall–Kier alpha value is -3.09. The molecular formula is C21H22N2O5. The zero-order valence-corrected chi connectivity index (χ0v) is 15.9. The van der Waals surface area contributed by atoms with Crippen LogP contribution in [0.25, 0.3) is 0 Å². The third kappa shape index (κ3) is 3.28. The van der Waals surface area contributed by atoms with Crippen LogP contribution in [0.2, 0.25) is 0 Å². The van der Waals surface area contributed by atoms with E-state index in [0.29, 0.717) is 42.5 Å². The first-order valence-electron chi connectivity index (χ1n) is 9.36. The van der Waals surface area contributed by atoms with Gasteiger partial charge in [0.25, 0.3) is 0 Å². The average Bonchev–Trinajstić information content (AvgIpc) is 3.29. The van der Waals surface area contributed by atoms with Crippen LogP contribution in [0.4, 0.5) is 5.82 Å². The van der Waals surface area contributed by atoms with E-state index < -0.39 is 0 Å². The molecule has 0 spiro atoms. The Morgan fingerprint density at radius 1 is 1.46 bits per heavy atom. The maximum atomic E-state index is 11.9. The van der Waals surface area contributed by atoms with E-state index in [-0.39, 0.29) is 29.8 Å². The second-order valence-corrected chi connectivity index (χ2v) is 7.01. The van der Waals surface area contributed by atoms with E-state index in [9.17, 15) is 9.59 Å². The van der Waals surface area contributed by atoms with E-state index >= 15 is 0 Å². The molecule has 0 aromatic carbocycles. The molecule has 1 amide bonds. The number of hydrogen-bond acceptors (Lipinski definition) is 6. The van der Waals surface area contributed by atoms with E-state index in [0.717, 1.165) is 11.1 Å². The summed E-state index contributed by atoms with van der Waals surface area (Å²) < 4.78 is 16.8. The number of esters is 1. The summed E-state index contributed by atoms with van der Waals surface area (Å²) in [6.45, 7) is 8.05. The van der Waals surface area contributed by atoms with Crippen LogP contribution in [0.3, 0.4) is 0 Å². The minimum atomic E-state index is -0.232. The van der Waals surface area contributed by atoms with Crippen molar-refractivity contribution in [1.29, 1.82) is 0 Å². The Labute approximate surface area is 163 Å². The summed E-state index contributed by atoms with van der Waals surface area (Å²) in [6.07, 6.45) is 6.07. The molecule has 146 valence electrons. The largest absolute Gasteiger partial charge is 0.489 e. The Morgan fingerprint density at radius 2 is 2.29 bits per heavy atom. The predicted octanol–water partition coefficient (Wildman–Crippen LogP) is 2.90. The Morgan fingerprint density at radius 3 is 3.00 bits per heavy atom. The topological polar surface area (TPSA) is 86.8 Å². The number of nitrogens with zero attached hydrogens (tertiary/aromatic N) is 1. The van der Waals surface area contributed by atoms with Crippen molar-refractivity contribution in [2.24, 2.45) is 11.8 Å². The average molecular weight is 382 g/mol. The third-order valence-corrected chi connectivity index (χ3v) is 5.11. The molecule has 3 atom stereocenters. The fourth-order valence-corrected chi connectivity index (χ4v) is 3.65. The molecule has 0 bridgehead atoms. The van der Waals surface area contributed by atoms with Gasteiger partial charge in [0, 0.05) is 24.1 Å². The van der Waals surface area contributed by atoms with Gasteiger partial charge in [0.15, 0.2) is 0 Å². The van der Waals surface area contributed by atoms with Crippen molar-refractivity contribution in [3.63, 3.8) is 0 Å². The van der Waals surface area contributed by atoms with Gasteiger partial charge in [0.05, 0.1) is 6.61 Å². The number of amides is 1. The lowest BCUT2D eigenvalue weighted by Gasteiger charge is -2.18. The maximum Gasteiger partial charge on any atom is 0.313 e. The quantitative estimate of drug-likeness (QED) is 0.622. The highest BCUT2D eigenvalue weighted by atomic mass is 16.5. The molecule has 4 rings (SSSR count). The maximum absolute atomic E-state index is 11.9. The zero-order chi connectivity index (χ0) is 19.8. The van der Waals surface area contributed by atoms with E-state index in [2.05, 4.69) is 16.9 Å². The standard InChI is InChI=1S/C21H22N2O5/c1-4-26-21(25)18-17-12(3)14(28-19(17)18)7-5-11(2)27-15-9-10-22-20-13(15)6-8-16(24)23-20/h5,7,9-10,17-19H,3-4,6,8H2,1-2H3,(H,22,23,24)/b11-5+,14-7+/t17-,18-,19-/m0/s1. The van der Waals surface area contributed by atoms with Crippen LogP contribution < -0.4 is 10.1 Å². The van der Waals surface area contributed by atoms with Gasteiger partial charge in [-0.3, -0.25) is 9.59 Å². The summed E-state index contributed by atoms with van der Waals surface area (Å²) in [4.78, 5) is 27.6. The molecule has 0 unspecified atom stereocenters. The molecule has 2 fully saturated rings. The molecule has 0 radical (unpaired) electrons. The molecule has 1 saturated heterocycles. The van der Waals surface area contributed by atoms with Gasteiger partial charge in [0.1, 0.15) is 35.1 Å². The van der Waals surface area contributed by atoms with Gasteiger partial charge >= 0.3 is 5.97 Å². The smallest absolute Gasteiger partial charge is 0.313 e. The van der Waals surface area contributed by atoms with E-state index in [1.165, 1.54) is 0 Å². The second kappa shape index (κ2) is 7.14. The Kier molecular flexibility index (Phi) is 4.66. The van der Waals surface area contributed by atoms with Crippen LogP contribution in [0.5, 0.6) is 5.75 Å². The summed E-state index contributed by atoms with van der Waals surface area (Å²) in [5, 5.41) is 2.76. The van der Waals surface area contributed by atoms with Crippen molar-refractivity contribution in [2.45, 2.75) is 32.8 Å². The first-order chi connectivity index (χ1) is 13.5. The Balaban J connectivity index is 1.42. The van der Waals surface area contributed by atoms with Gasteiger partial charge < -0.3 is 19.5 Å². The normalized spacial score (nSPS) is 26.9. The lowest BCUT2D eigenvalue weighted by atomic mass is 10.1. The second-order valence-electron chi connectivity index (χ2n) is 7.01. The van der Waals surface area contributed by atoms with Gasteiger partial charge in [-0.15, -0.1) is 0 Å². The van der Waals surface area contributed by atoms with Crippen molar-refractivity contribution >= 4 is 17.7 Å². The van der Waals surface area contributed by atoms with Crippen molar-refractivity contribution in [2.75, 3.05) is 11.9 Å². The van der Waals surface area contributed by atoms with Gasteiger partial charge in [-0.05, 0) is 44.1 Å². The number of carbonyl (C=O) groups excluding carboxylic acids is 2. The minimum absolute atomic E-state index is 0.00996. The summed E-state index contributed by atoms with van der Waals surface area (Å²) >= 11 is 0. The first kappa shape index (κ1) is 18.3. The number of aromatic nitrogens is 1. The summed E-state index contributed by atoms with van der Waals surface area (Å²) in [5.74, 6) is 2.08. The van der Waals surface area contributed by atoms with Gasteiger partial charge in [-0.1, -0.05) is 6.58 Å². The minimum Gasteiger partial charge on any atom is -0.489 e. The zero-order valence-electron chi connectivity index (χ0n) is 15.9. The van der Waals surface area contributed by atoms with Crippen molar-refractivity contribution in [1.82, 2.24) is 4.98 Å². The van der Waals surface area contributed by atoms with Crippen LogP contribution in [0.15, 0.2) is 48.1 Å². The summed E-state index contributed by atoms with van der Waals surface area (Å²) in [6, 6.07) is 1.78. The van der Waals surface area contributed by atoms with Gasteiger partial charge in [-0.25, -0.2) is 4.98 Å². The highest BCUT2D eigenvalue weighted by Crippen LogP contribution is 2.56. The number of fused-ring (bicyclic) bond motifs is 2. The molecule has 1 saturated carbocycles. The molecule has 28 heavy (non-hydrogen) atoms. The number of hydrogen-bond donors (Lipinski definition) is 1. The lowest BCUT2D eigenvalue weighted by molar-refractivity contribution is -0.146. The monoisotopic (exact) mass is 382 g/mol. The number of ether oxygens (including phenoxy) is 3. The highest BCUT2D eigenvalue weighted by molar-refractivity contribution is 5.93. The summed E-state index contributed by atoms with van der Waals surface area (Å²) in [5.41, 5.74) is 1.71. The molecule has 7 nitrogen and oxygen atoms in total. The van der Waals surface area contributed by atoms with Gasteiger partial charge in [-0.2, -0.15) is 0 Å². The number of anilines is 1. The Bertz CT molecular complexity index is 917. The predicted molar refractivity (Wildman–Crippen MR) is 101 cm³/mol. The van der Waals surface area contributed by atoms with Crippen molar-refractivity contribution in [3.8, 4) is 5.75 Å². The molecule has 1 aliphatic carbocycles. The summed E-state index contributed by atoms with van der Waals surface area (Å²) in [7, 11) is 0. The van der Waals surface area contributed by atoms with Crippen molar-refractivity contribution in [3.05, 3.63) is 53.6 Å². The van der Waals surface area contributed by atoms with E-state index in [1.54, 1.807) is 31.3 Å². The number of pyridine rings is 1. The number of allylic oxidation sites excluding steroid dienone is 4. The van der Waals surface area contributed by atoms with Crippen LogP contribution >= 0.6 is 0 Å². The number of carbonyl (C=O) groups is 2.